The molecule has 1 amide bonds. The van der Waals surface area contributed by atoms with Crippen LogP contribution in [0.3, 0.4) is 0 Å². The number of carbonyl (C=O) groups is 1. The van der Waals surface area contributed by atoms with Crippen molar-refractivity contribution in [3.05, 3.63) is 45.9 Å². The van der Waals surface area contributed by atoms with E-state index in [0.29, 0.717) is 19.6 Å². The molecule has 1 unspecified atom stereocenters. The van der Waals surface area contributed by atoms with Gasteiger partial charge < -0.3 is 14.7 Å². The predicted octanol–water partition coefficient (Wildman–Crippen LogP) is 2.80. The fraction of sp³-hybridized carbons (Fsp3) is 0.474. The number of benzene rings is 1. The van der Waals surface area contributed by atoms with E-state index in [1.807, 2.05) is 41.5 Å². The van der Waals surface area contributed by atoms with Crippen molar-refractivity contribution >= 4 is 17.2 Å². The molecule has 0 saturated carbocycles. The quantitative estimate of drug-likeness (QED) is 0.860. The zero-order chi connectivity index (χ0) is 17.6. The Labute approximate surface area is 152 Å². The molecule has 2 heterocycles. The number of aliphatic hydroxyl groups excluding tert-OH is 1. The molecule has 1 atom stereocenters. The highest BCUT2D eigenvalue weighted by molar-refractivity contribution is 7.09. The molecular weight excluding hydrogens is 336 g/mol. The van der Waals surface area contributed by atoms with E-state index in [-0.39, 0.29) is 18.4 Å². The summed E-state index contributed by atoms with van der Waals surface area (Å²) in [5.74, 6) is 1.13. The van der Waals surface area contributed by atoms with E-state index in [2.05, 4.69) is 4.98 Å². The third-order valence-corrected chi connectivity index (χ3v) is 5.32. The average Bonchev–Trinajstić information content (AvgIpc) is 3.08. The van der Waals surface area contributed by atoms with Crippen molar-refractivity contribution in [2.75, 3.05) is 19.7 Å². The molecule has 0 bridgehead atoms. The Morgan fingerprint density at radius 2 is 2.20 bits per heavy atom. The van der Waals surface area contributed by atoms with Crippen LogP contribution < -0.4 is 4.74 Å². The number of piperidine rings is 1. The largest absolute Gasteiger partial charge is 0.486 e. The Hall–Kier alpha value is -1.92. The highest BCUT2D eigenvalue weighted by Crippen LogP contribution is 2.19. The van der Waals surface area contributed by atoms with Gasteiger partial charge in [0.1, 0.15) is 17.4 Å². The highest BCUT2D eigenvalue weighted by atomic mass is 32.1. The average molecular weight is 360 g/mol. The number of hydrogen-bond donors (Lipinski definition) is 1. The number of amides is 1. The highest BCUT2D eigenvalue weighted by Gasteiger charge is 2.23. The monoisotopic (exact) mass is 360 g/mol. The van der Waals surface area contributed by atoms with Crippen LogP contribution >= 0.6 is 11.3 Å². The summed E-state index contributed by atoms with van der Waals surface area (Å²) in [7, 11) is 0. The summed E-state index contributed by atoms with van der Waals surface area (Å²) in [5.41, 5.74) is 1.99. The van der Waals surface area contributed by atoms with Gasteiger partial charge in [0.2, 0.25) is 5.91 Å². The fourth-order valence-electron chi connectivity index (χ4n) is 2.98. The molecular formula is C19H24N2O3S. The molecule has 3 rings (SSSR count). The first-order chi connectivity index (χ1) is 12.1. The van der Waals surface area contributed by atoms with Crippen LogP contribution in [0.1, 0.15) is 29.1 Å². The third-order valence-electron chi connectivity index (χ3n) is 4.44. The lowest BCUT2D eigenvalue weighted by Crippen LogP contribution is -2.41. The molecule has 0 spiro atoms. The van der Waals surface area contributed by atoms with Crippen molar-refractivity contribution < 1.29 is 14.6 Å². The topological polar surface area (TPSA) is 62.7 Å². The maximum atomic E-state index is 12.4. The molecule has 5 nitrogen and oxygen atoms in total. The van der Waals surface area contributed by atoms with E-state index in [1.54, 1.807) is 0 Å². The lowest BCUT2D eigenvalue weighted by atomic mass is 9.99. The van der Waals surface area contributed by atoms with Gasteiger partial charge in [0, 0.05) is 25.1 Å². The Balaban J connectivity index is 1.51. The number of rotatable bonds is 6. The first-order valence-corrected chi connectivity index (χ1v) is 9.53. The molecule has 2 aromatic rings. The van der Waals surface area contributed by atoms with Crippen LogP contribution in [-0.4, -0.2) is 40.6 Å². The molecule has 0 radical (unpaired) electrons. The Bertz CT molecular complexity index is 699. The van der Waals surface area contributed by atoms with Gasteiger partial charge >= 0.3 is 0 Å². The lowest BCUT2D eigenvalue weighted by Gasteiger charge is -2.31. The van der Waals surface area contributed by atoms with Gasteiger partial charge in [-0.1, -0.05) is 17.7 Å². The van der Waals surface area contributed by atoms with Gasteiger partial charge in [-0.05, 0) is 37.8 Å². The van der Waals surface area contributed by atoms with Gasteiger partial charge in [-0.25, -0.2) is 4.98 Å². The normalized spacial score (nSPS) is 17.5. The number of aliphatic hydroxyl groups is 1. The summed E-state index contributed by atoms with van der Waals surface area (Å²) in [6.07, 6.45) is 2.28. The van der Waals surface area contributed by atoms with Gasteiger partial charge in [-0.3, -0.25) is 4.79 Å². The maximum Gasteiger partial charge on any atom is 0.228 e. The molecule has 1 N–H and O–H groups in total. The Morgan fingerprint density at radius 3 is 2.96 bits per heavy atom. The van der Waals surface area contributed by atoms with Crippen LogP contribution in [0, 0.1) is 12.8 Å². The summed E-state index contributed by atoms with van der Waals surface area (Å²) in [6.45, 7) is 4.05. The molecule has 1 aliphatic heterocycles. The van der Waals surface area contributed by atoms with Gasteiger partial charge in [0.25, 0.3) is 0 Å². The SMILES string of the molecule is Cc1ccc(OCc2nc(CC(=O)N3CCCC(CO)C3)cs2)cc1. The van der Waals surface area contributed by atoms with E-state index in [1.165, 1.54) is 16.9 Å². The van der Waals surface area contributed by atoms with E-state index >= 15 is 0 Å². The van der Waals surface area contributed by atoms with E-state index in [4.69, 9.17) is 4.74 Å². The van der Waals surface area contributed by atoms with Crippen molar-refractivity contribution in [2.24, 2.45) is 5.92 Å². The molecule has 6 heteroatoms. The second kappa shape index (κ2) is 8.45. The van der Waals surface area contributed by atoms with Gasteiger partial charge in [-0.2, -0.15) is 0 Å². The number of aromatic nitrogens is 1. The first-order valence-electron chi connectivity index (χ1n) is 8.65. The van der Waals surface area contributed by atoms with Crippen molar-refractivity contribution in [3.63, 3.8) is 0 Å². The zero-order valence-corrected chi connectivity index (χ0v) is 15.3. The van der Waals surface area contributed by atoms with E-state index in [0.717, 1.165) is 35.8 Å². The minimum atomic E-state index is 0.0921. The lowest BCUT2D eigenvalue weighted by molar-refractivity contribution is -0.132. The summed E-state index contributed by atoms with van der Waals surface area (Å²) >= 11 is 1.52. The number of nitrogens with zero attached hydrogens (tertiary/aromatic N) is 2. The minimum Gasteiger partial charge on any atom is -0.486 e. The van der Waals surface area contributed by atoms with E-state index < -0.39 is 0 Å². The van der Waals surface area contributed by atoms with Crippen LogP contribution in [0.25, 0.3) is 0 Å². The van der Waals surface area contributed by atoms with Crippen molar-refractivity contribution in [1.82, 2.24) is 9.88 Å². The molecule has 1 aliphatic rings. The molecule has 1 fully saturated rings. The van der Waals surface area contributed by atoms with E-state index in [9.17, 15) is 9.90 Å². The number of likely N-dealkylation sites (tertiary alicyclic amines) is 1. The summed E-state index contributed by atoms with van der Waals surface area (Å²) in [5, 5.41) is 12.1. The van der Waals surface area contributed by atoms with Crippen molar-refractivity contribution in [1.29, 1.82) is 0 Å². The summed E-state index contributed by atoms with van der Waals surface area (Å²) in [4.78, 5) is 18.8. The number of ether oxygens (including phenoxy) is 1. The van der Waals surface area contributed by atoms with Crippen LogP contribution in [0.4, 0.5) is 0 Å². The summed E-state index contributed by atoms with van der Waals surface area (Å²) in [6, 6.07) is 7.92. The van der Waals surface area contributed by atoms with Crippen molar-refractivity contribution in [2.45, 2.75) is 32.8 Å². The molecule has 1 aromatic carbocycles. The Morgan fingerprint density at radius 1 is 1.40 bits per heavy atom. The fourth-order valence-corrected chi connectivity index (χ4v) is 3.69. The predicted molar refractivity (Wildman–Crippen MR) is 97.7 cm³/mol. The smallest absolute Gasteiger partial charge is 0.228 e. The maximum absolute atomic E-state index is 12.4. The van der Waals surface area contributed by atoms with Crippen molar-refractivity contribution in [3.8, 4) is 5.75 Å². The second-order valence-corrected chi connectivity index (χ2v) is 7.48. The molecule has 0 aliphatic carbocycles. The summed E-state index contributed by atoms with van der Waals surface area (Å²) < 4.78 is 5.74. The van der Waals surface area contributed by atoms with Crippen LogP contribution in [-0.2, 0) is 17.8 Å². The van der Waals surface area contributed by atoms with Crippen LogP contribution in [0.15, 0.2) is 29.6 Å². The first kappa shape index (κ1) is 17.9. The van der Waals surface area contributed by atoms with Gasteiger partial charge in [-0.15, -0.1) is 11.3 Å². The number of thiazole rings is 1. The number of aryl methyl sites for hydroxylation is 1. The molecule has 25 heavy (non-hydrogen) atoms. The zero-order valence-electron chi connectivity index (χ0n) is 14.5. The second-order valence-electron chi connectivity index (χ2n) is 6.54. The number of hydrogen-bond acceptors (Lipinski definition) is 5. The molecule has 134 valence electrons. The van der Waals surface area contributed by atoms with Gasteiger partial charge in [0.05, 0.1) is 12.1 Å². The molecule has 1 saturated heterocycles. The standard InChI is InChI=1S/C19H24N2O3S/c1-14-4-6-17(7-5-14)24-12-18-20-16(13-25-18)9-19(23)21-8-2-3-15(10-21)11-22/h4-7,13,15,22H,2-3,8-12H2,1H3. The van der Waals surface area contributed by atoms with Crippen LogP contribution in [0.2, 0.25) is 0 Å². The van der Waals surface area contributed by atoms with Gasteiger partial charge in [0.15, 0.2) is 0 Å². The minimum absolute atomic E-state index is 0.0921. The Kier molecular flexibility index (Phi) is 6.04. The van der Waals surface area contributed by atoms with Crippen LogP contribution in [0.5, 0.6) is 5.75 Å². The third kappa shape index (κ3) is 5.03. The molecule has 1 aromatic heterocycles. The number of carbonyl (C=O) groups excluding carboxylic acids is 1.